The molecule has 0 aliphatic carbocycles. The quantitative estimate of drug-likeness (QED) is 0.708. The van der Waals surface area contributed by atoms with Crippen LogP contribution in [0.25, 0.3) is 0 Å². The zero-order valence-electron chi connectivity index (χ0n) is 10.1. The van der Waals surface area contributed by atoms with Crippen LogP contribution in [0.2, 0.25) is 0 Å². The zero-order chi connectivity index (χ0) is 12.0. The van der Waals surface area contributed by atoms with Crippen LogP contribution in [0.3, 0.4) is 0 Å². The Morgan fingerprint density at radius 1 is 1.56 bits per heavy atom. The van der Waals surface area contributed by atoms with E-state index in [4.69, 9.17) is 4.74 Å². The molecule has 1 rings (SSSR count). The van der Waals surface area contributed by atoms with Crippen molar-refractivity contribution < 1.29 is 4.74 Å². The van der Waals surface area contributed by atoms with E-state index >= 15 is 0 Å². The molecule has 5 nitrogen and oxygen atoms in total. The Kier molecular flexibility index (Phi) is 5.14. The first-order valence-electron chi connectivity index (χ1n) is 5.46. The molecule has 16 heavy (non-hydrogen) atoms. The number of nitrogens with zero attached hydrogens (tertiary/aromatic N) is 2. The van der Waals surface area contributed by atoms with Gasteiger partial charge in [-0.1, -0.05) is 0 Å². The predicted octanol–water partition coefficient (Wildman–Crippen LogP) is 0.308. The van der Waals surface area contributed by atoms with Gasteiger partial charge in [-0.05, 0) is 19.9 Å². The molecule has 0 radical (unpaired) electrons. The second-order valence-electron chi connectivity index (χ2n) is 3.60. The van der Waals surface area contributed by atoms with Crippen LogP contribution in [0.5, 0.6) is 0 Å². The highest BCUT2D eigenvalue weighted by atomic mass is 16.5. The first-order chi connectivity index (χ1) is 7.69. The zero-order valence-corrected chi connectivity index (χ0v) is 10.1. The average Bonchev–Trinajstić information content (AvgIpc) is 2.28. The topological polar surface area (TPSA) is 56.1 Å². The number of aromatic nitrogens is 2. The van der Waals surface area contributed by atoms with Gasteiger partial charge in [0.05, 0.1) is 12.3 Å². The van der Waals surface area contributed by atoms with E-state index in [1.807, 2.05) is 19.9 Å². The van der Waals surface area contributed by atoms with E-state index in [9.17, 15) is 4.79 Å². The Morgan fingerprint density at radius 3 is 2.94 bits per heavy atom. The minimum absolute atomic E-state index is 0.0157. The van der Waals surface area contributed by atoms with E-state index in [2.05, 4.69) is 10.4 Å². The lowest BCUT2D eigenvalue weighted by Crippen LogP contribution is -2.30. The van der Waals surface area contributed by atoms with Crippen molar-refractivity contribution in [2.45, 2.75) is 26.9 Å². The van der Waals surface area contributed by atoms with Gasteiger partial charge in [-0.3, -0.25) is 4.79 Å². The average molecular weight is 225 g/mol. The molecule has 0 fully saturated rings. The lowest BCUT2D eigenvalue weighted by Gasteiger charge is -2.07. The minimum Gasteiger partial charge on any atom is -0.383 e. The summed E-state index contributed by atoms with van der Waals surface area (Å²) in [7, 11) is 1.66. The van der Waals surface area contributed by atoms with Gasteiger partial charge in [0.25, 0.3) is 5.56 Å². The molecule has 0 spiro atoms. The van der Waals surface area contributed by atoms with Crippen LogP contribution < -0.4 is 10.9 Å². The molecule has 0 amide bonds. The molecule has 0 aliphatic heterocycles. The Hall–Kier alpha value is -1.20. The first kappa shape index (κ1) is 12.9. The van der Waals surface area contributed by atoms with Crippen molar-refractivity contribution in [1.29, 1.82) is 0 Å². The van der Waals surface area contributed by atoms with E-state index < -0.39 is 0 Å². The highest BCUT2D eigenvalue weighted by Gasteiger charge is 2.04. The summed E-state index contributed by atoms with van der Waals surface area (Å²) in [4.78, 5) is 11.8. The summed E-state index contributed by atoms with van der Waals surface area (Å²) in [6.45, 7) is 6.35. The molecule has 1 aromatic heterocycles. The Labute approximate surface area is 95.4 Å². The van der Waals surface area contributed by atoms with Crippen molar-refractivity contribution in [3.63, 3.8) is 0 Å². The number of aryl methyl sites for hydroxylation is 2. The van der Waals surface area contributed by atoms with Gasteiger partial charge < -0.3 is 10.1 Å². The van der Waals surface area contributed by atoms with E-state index in [1.54, 1.807) is 7.11 Å². The number of hydrogen-bond donors (Lipinski definition) is 1. The van der Waals surface area contributed by atoms with Gasteiger partial charge >= 0.3 is 0 Å². The van der Waals surface area contributed by atoms with Crippen molar-refractivity contribution in [2.75, 3.05) is 20.3 Å². The molecule has 0 bridgehead atoms. The largest absolute Gasteiger partial charge is 0.383 e. The third kappa shape index (κ3) is 3.43. The summed E-state index contributed by atoms with van der Waals surface area (Å²) in [6.07, 6.45) is 0. The summed E-state index contributed by atoms with van der Waals surface area (Å²) >= 11 is 0. The predicted molar refractivity (Wildman–Crippen MR) is 62.5 cm³/mol. The van der Waals surface area contributed by atoms with Gasteiger partial charge in [0.1, 0.15) is 0 Å². The highest BCUT2D eigenvalue weighted by Crippen LogP contribution is 1.95. The fraction of sp³-hybridized carbons (Fsp3) is 0.636. The van der Waals surface area contributed by atoms with Crippen LogP contribution in [0.15, 0.2) is 10.9 Å². The number of hydrogen-bond acceptors (Lipinski definition) is 4. The van der Waals surface area contributed by atoms with Gasteiger partial charge in [0.2, 0.25) is 0 Å². The molecule has 5 heteroatoms. The van der Waals surface area contributed by atoms with Crippen LogP contribution in [0.4, 0.5) is 0 Å². The monoisotopic (exact) mass is 225 g/mol. The van der Waals surface area contributed by atoms with Gasteiger partial charge in [-0.2, -0.15) is 5.10 Å². The second kappa shape index (κ2) is 6.40. The molecule has 0 atom stereocenters. The molecular weight excluding hydrogens is 206 g/mol. The molecule has 0 saturated carbocycles. The molecular formula is C11H19N3O2. The fourth-order valence-electron chi connectivity index (χ4n) is 1.48. The van der Waals surface area contributed by atoms with E-state index in [-0.39, 0.29) is 5.56 Å². The van der Waals surface area contributed by atoms with Crippen LogP contribution in [0, 0.1) is 6.92 Å². The molecule has 0 saturated heterocycles. The maximum Gasteiger partial charge on any atom is 0.271 e. The second-order valence-corrected chi connectivity index (χ2v) is 3.60. The van der Waals surface area contributed by atoms with Crippen molar-refractivity contribution >= 4 is 0 Å². The number of rotatable bonds is 6. The molecule has 1 N–H and O–H groups in total. The number of ether oxygens (including phenoxy) is 1. The number of nitrogens with one attached hydrogen (secondary N) is 1. The lowest BCUT2D eigenvalue weighted by atomic mass is 10.2. The normalized spacial score (nSPS) is 10.7. The van der Waals surface area contributed by atoms with E-state index in [1.165, 1.54) is 4.68 Å². The van der Waals surface area contributed by atoms with Crippen molar-refractivity contribution in [3.8, 4) is 0 Å². The third-order valence-corrected chi connectivity index (χ3v) is 2.27. The van der Waals surface area contributed by atoms with Crippen LogP contribution in [-0.4, -0.2) is 30.0 Å². The van der Waals surface area contributed by atoms with Crippen molar-refractivity contribution in [3.05, 3.63) is 27.7 Å². The summed E-state index contributed by atoms with van der Waals surface area (Å²) in [6, 6.07) is 1.83. The maximum absolute atomic E-state index is 11.8. The Morgan fingerprint density at radius 2 is 2.31 bits per heavy atom. The van der Waals surface area contributed by atoms with Crippen LogP contribution >= 0.6 is 0 Å². The van der Waals surface area contributed by atoms with Gasteiger partial charge in [0.15, 0.2) is 0 Å². The van der Waals surface area contributed by atoms with Crippen molar-refractivity contribution in [1.82, 2.24) is 15.1 Å². The SMILES string of the molecule is CCn1nc(C)cc(CNCCOC)c1=O. The van der Waals surface area contributed by atoms with Crippen molar-refractivity contribution in [2.24, 2.45) is 0 Å². The fourth-order valence-corrected chi connectivity index (χ4v) is 1.48. The van der Waals surface area contributed by atoms with Gasteiger partial charge in [0, 0.05) is 32.3 Å². The number of methoxy groups -OCH3 is 1. The highest BCUT2D eigenvalue weighted by molar-refractivity contribution is 5.12. The van der Waals surface area contributed by atoms with Crippen LogP contribution in [-0.2, 0) is 17.8 Å². The Bertz CT molecular complexity index is 387. The summed E-state index contributed by atoms with van der Waals surface area (Å²) in [5.74, 6) is 0. The summed E-state index contributed by atoms with van der Waals surface area (Å²) < 4.78 is 6.41. The molecule has 1 heterocycles. The smallest absolute Gasteiger partial charge is 0.271 e. The van der Waals surface area contributed by atoms with Gasteiger partial charge in [-0.15, -0.1) is 0 Å². The third-order valence-electron chi connectivity index (χ3n) is 2.27. The molecule has 0 unspecified atom stereocenters. The molecule has 90 valence electrons. The molecule has 1 aromatic rings. The van der Waals surface area contributed by atoms with E-state index in [0.717, 1.165) is 17.8 Å². The molecule has 0 aromatic carbocycles. The first-order valence-corrected chi connectivity index (χ1v) is 5.46. The van der Waals surface area contributed by atoms with Crippen LogP contribution in [0.1, 0.15) is 18.2 Å². The molecule has 0 aliphatic rings. The minimum atomic E-state index is -0.0157. The Balaban J connectivity index is 2.72. The van der Waals surface area contributed by atoms with E-state index in [0.29, 0.717) is 19.7 Å². The summed E-state index contributed by atoms with van der Waals surface area (Å²) in [5, 5.41) is 7.30. The summed E-state index contributed by atoms with van der Waals surface area (Å²) in [5.41, 5.74) is 1.61. The van der Waals surface area contributed by atoms with Gasteiger partial charge in [-0.25, -0.2) is 4.68 Å². The maximum atomic E-state index is 11.8. The standard InChI is InChI=1S/C11H19N3O2/c1-4-14-11(15)10(7-9(2)13-14)8-12-5-6-16-3/h7,12H,4-6,8H2,1-3H3. The lowest BCUT2D eigenvalue weighted by molar-refractivity contribution is 0.199.